The molecule has 0 heterocycles. The molecule has 0 aromatic heterocycles. The van der Waals surface area contributed by atoms with Gasteiger partial charge in [0.2, 0.25) is 0 Å². The molecule has 3 heteroatoms. The fourth-order valence-electron chi connectivity index (χ4n) is 1.87. The van der Waals surface area contributed by atoms with Gasteiger partial charge in [-0.1, -0.05) is 38.7 Å². The van der Waals surface area contributed by atoms with Gasteiger partial charge in [-0.15, -0.1) is 0 Å². The van der Waals surface area contributed by atoms with Crippen LogP contribution < -0.4 is 10.5 Å². The second-order valence-electron chi connectivity index (χ2n) is 4.35. The molecule has 2 N–H and O–H groups in total. The van der Waals surface area contributed by atoms with Crippen molar-refractivity contribution in [3.63, 3.8) is 0 Å². The number of halogens is 1. The van der Waals surface area contributed by atoms with Crippen LogP contribution in [0.15, 0.2) is 18.2 Å². The molecular formula is C14H22FNO. The molecule has 1 rings (SSSR count). The molecule has 0 saturated heterocycles. The maximum absolute atomic E-state index is 13.5. The Morgan fingerprint density at radius 3 is 2.65 bits per heavy atom. The summed E-state index contributed by atoms with van der Waals surface area (Å²) in [7, 11) is 1.46. The van der Waals surface area contributed by atoms with E-state index in [1.165, 1.54) is 32.4 Å². The molecule has 1 unspecified atom stereocenters. The van der Waals surface area contributed by atoms with E-state index >= 15 is 0 Å². The molecule has 0 saturated carbocycles. The molecule has 0 aliphatic rings. The molecule has 0 aliphatic carbocycles. The monoisotopic (exact) mass is 239 g/mol. The average Bonchev–Trinajstić information content (AvgIpc) is 2.34. The van der Waals surface area contributed by atoms with Crippen molar-refractivity contribution in [2.24, 2.45) is 5.73 Å². The highest BCUT2D eigenvalue weighted by atomic mass is 19.1. The van der Waals surface area contributed by atoms with Crippen LogP contribution in [0.2, 0.25) is 0 Å². The Morgan fingerprint density at radius 2 is 2.06 bits per heavy atom. The summed E-state index contributed by atoms with van der Waals surface area (Å²) < 4.78 is 18.4. The molecular weight excluding hydrogens is 217 g/mol. The van der Waals surface area contributed by atoms with Gasteiger partial charge in [-0.05, 0) is 24.1 Å². The van der Waals surface area contributed by atoms with Crippen molar-refractivity contribution >= 4 is 0 Å². The molecule has 0 aliphatic heterocycles. The standard InChI is InChI=1S/C14H22FNO/c1-3-4-5-6-7-13(16)11-8-9-14(17-2)12(15)10-11/h8-10,13H,3-7,16H2,1-2H3. The third kappa shape index (κ3) is 4.35. The van der Waals surface area contributed by atoms with Crippen LogP contribution in [0.5, 0.6) is 5.75 Å². The molecule has 1 aromatic rings. The molecule has 0 radical (unpaired) electrons. The first-order chi connectivity index (χ1) is 8.19. The molecule has 96 valence electrons. The lowest BCUT2D eigenvalue weighted by Gasteiger charge is -2.13. The predicted molar refractivity (Wildman–Crippen MR) is 68.6 cm³/mol. The summed E-state index contributed by atoms with van der Waals surface area (Å²) in [5.74, 6) is -0.0686. The summed E-state index contributed by atoms with van der Waals surface area (Å²) in [5, 5.41) is 0. The van der Waals surface area contributed by atoms with Gasteiger partial charge in [0, 0.05) is 6.04 Å². The Balaban J connectivity index is 2.51. The first-order valence-electron chi connectivity index (χ1n) is 6.28. The van der Waals surface area contributed by atoms with E-state index in [2.05, 4.69) is 6.92 Å². The predicted octanol–water partition coefficient (Wildman–Crippen LogP) is 3.80. The van der Waals surface area contributed by atoms with Crippen LogP contribution in [0.3, 0.4) is 0 Å². The fraction of sp³-hybridized carbons (Fsp3) is 0.571. The van der Waals surface area contributed by atoms with Crippen molar-refractivity contribution in [3.8, 4) is 5.75 Å². The van der Waals surface area contributed by atoms with Crippen LogP contribution in [-0.2, 0) is 0 Å². The van der Waals surface area contributed by atoms with Crippen molar-refractivity contribution in [2.45, 2.75) is 45.1 Å². The van der Waals surface area contributed by atoms with Crippen LogP contribution in [0, 0.1) is 5.82 Å². The van der Waals surface area contributed by atoms with Crippen molar-refractivity contribution in [1.82, 2.24) is 0 Å². The number of ether oxygens (including phenoxy) is 1. The number of nitrogens with two attached hydrogens (primary N) is 1. The van der Waals surface area contributed by atoms with Gasteiger partial charge in [0.25, 0.3) is 0 Å². The van der Waals surface area contributed by atoms with Crippen LogP contribution >= 0.6 is 0 Å². The second-order valence-corrected chi connectivity index (χ2v) is 4.35. The minimum absolute atomic E-state index is 0.0766. The first-order valence-corrected chi connectivity index (χ1v) is 6.28. The molecule has 1 atom stereocenters. The SMILES string of the molecule is CCCCCCC(N)c1ccc(OC)c(F)c1. The Bertz CT molecular complexity index is 341. The minimum Gasteiger partial charge on any atom is -0.494 e. The Kier molecular flexibility index (Phi) is 5.98. The zero-order valence-corrected chi connectivity index (χ0v) is 10.7. The van der Waals surface area contributed by atoms with E-state index in [0.29, 0.717) is 0 Å². The summed E-state index contributed by atoms with van der Waals surface area (Å²) in [6, 6.07) is 4.87. The van der Waals surface area contributed by atoms with Gasteiger partial charge in [0.05, 0.1) is 7.11 Å². The van der Waals surface area contributed by atoms with Crippen molar-refractivity contribution in [2.75, 3.05) is 7.11 Å². The van der Waals surface area contributed by atoms with Gasteiger partial charge in [-0.25, -0.2) is 4.39 Å². The molecule has 0 amide bonds. The molecule has 0 bridgehead atoms. The smallest absolute Gasteiger partial charge is 0.165 e. The topological polar surface area (TPSA) is 35.2 Å². The zero-order valence-electron chi connectivity index (χ0n) is 10.7. The normalized spacial score (nSPS) is 12.5. The van der Waals surface area contributed by atoms with Crippen molar-refractivity contribution < 1.29 is 9.13 Å². The summed E-state index contributed by atoms with van der Waals surface area (Å²) in [6.07, 6.45) is 5.66. The third-order valence-electron chi connectivity index (χ3n) is 2.97. The quantitative estimate of drug-likeness (QED) is 0.734. The number of benzene rings is 1. The highest BCUT2D eigenvalue weighted by Gasteiger charge is 2.09. The van der Waals surface area contributed by atoms with E-state index in [9.17, 15) is 4.39 Å². The van der Waals surface area contributed by atoms with Gasteiger partial charge >= 0.3 is 0 Å². The Labute approximate surface area is 103 Å². The summed E-state index contributed by atoms with van der Waals surface area (Å²) >= 11 is 0. The zero-order chi connectivity index (χ0) is 12.7. The number of unbranched alkanes of at least 4 members (excludes halogenated alkanes) is 3. The van der Waals surface area contributed by atoms with E-state index in [4.69, 9.17) is 10.5 Å². The lowest BCUT2D eigenvalue weighted by atomic mass is 10.0. The van der Waals surface area contributed by atoms with Gasteiger partial charge in [-0.3, -0.25) is 0 Å². The maximum atomic E-state index is 13.5. The highest BCUT2D eigenvalue weighted by Crippen LogP contribution is 2.23. The van der Waals surface area contributed by atoms with Crippen molar-refractivity contribution in [3.05, 3.63) is 29.6 Å². The summed E-state index contributed by atoms with van der Waals surface area (Å²) in [6.45, 7) is 2.18. The van der Waals surface area contributed by atoms with Gasteiger partial charge < -0.3 is 10.5 Å². The summed E-state index contributed by atoms with van der Waals surface area (Å²) in [4.78, 5) is 0. The van der Waals surface area contributed by atoms with E-state index in [0.717, 1.165) is 18.4 Å². The lowest BCUT2D eigenvalue weighted by molar-refractivity contribution is 0.385. The minimum atomic E-state index is -0.339. The van der Waals surface area contributed by atoms with E-state index in [1.807, 2.05) is 6.07 Å². The van der Waals surface area contributed by atoms with Crippen LogP contribution in [0.1, 0.15) is 50.6 Å². The largest absolute Gasteiger partial charge is 0.494 e. The fourth-order valence-corrected chi connectivity index (χ4v) is 1.87. The summed E-state index contributed by atoms with van der Waals surface area (Å²) in [5.41, 5.74) is 6.88. The van der Waals surface area contributed by atoms with Crippen LogP contribution in [0.25, 0.3) is 0 Å². The van der Waals surface area contributed by atoms with Crippen LogP contribution in [-0.4, -0.2) is 7.11 Å². The molecule has 1 aromatic carbocycles. The van der Waals surface area contributed by atoms with Gasteiger partial charge in [0.1, 0.15) is 0 Å². The molecule has 17 heavy (non-hydrogen) atoms. The second kappa shape index (κ2) is 7.28. The lowest BCUT2D eigenvalue weighted by Crippen LogP contribution is -2.10. The van der Waals surface area contributed by atoms with Crippen LogP contribution in [0.4, 0.5) is 4.39 Å². The Morgan fingerprint density at radius 1 is 1.29 bits per heavy atom. The number of rotatable bonds is 7. The van der Waals surface area contributed by atoms with E-state index in [1.54, 1.807) is 6.07 Å². The highest BCUT2D eigenvalue weighted by molar-refractivity contribution is 5.30. The third-order valence-corrected chi connectivity index (χ3v) is 2.97. The van der Waals surface area contributed by atoms with Gasteiger partial charge in [0.15, 0.2) is 11.6 Å². The van der Waals surface area contributed by atoms with E-state index in [-0.39, 0.29) is 17.6 Å². The maximum Gasteiger partial charge on any atom is 0.165 e. The number of hydrogen-bond acceptors (Lipinski definition) is 2. The molecule has 2 nitrogen and oxygen atoms in total. The first kappa shape index (κ1) is 14.0. The number of methoxy groups -OCH3 is 1. The van der Waals surface area contributed by atoms with E-state index < -0.39 is 0 Å². The molecule has 0 spiro atoms. The average molecular weight is 239 g/mol. The molecule has 0 fully saturated rings. The van der Waals surface area contributed by atoms with Gasteiger partial charge in [-0.2, -0.15) is 0 Å². The van der Waals surface area contributed by atoms with Crippen molar-refractivity contribution in [1.29, 1.82) is 0 Å². The number of hydrogen-bond donors (Lipinski definition) is 1. The Hall–Kier alpha value is -1.09.